The number of nitrogens with two attached hydrogens (primary N) is 3. The summed E-state index contributed by atoms with van der Waals surface area (Å²) in [7, 11) is 1.78. The van der Waals surface area contributed by atoms with Gasteiger partial charge >= 0.3 is 23.9 Å². The molecule has 20 heteroatoms. The summed E-state index contributed by atoms with van der Waals surface area (Å²) in [5.41, 5.74) is 24.6. The molecule has 20 nitrogen and oxygen atoms in total. The topological polar surface area (TPSA) is 316 Å². The largest absolute Gasteiger partial charge is 0.482 e. The summed E-state index contributed by atoms with van der Waals surface area (Å²) in [6, 6.07) is 20.8. The van der Waals surface area contributed by atoms with E-state index >= 15 is 0 Å². The quantitative estimate of drug-likeness (QED) is 0.0123. The third-order valence-corrected chi connectivity index (χ3v) is 24.9. The average Bonchev–Trinajstić information content (AvgIpc) is 0.816. The normalized spacial score (nSPS) is 19.6. The zero-order valence-electron chi connectivity index (χ0n) is 77.4. The predicted molar refractivity (Wildman–Crippen MR) is 495 cm³/mol. The minimum absolute atomic E-state index is 0.00950. The number of likely N-dealkylation sites (N-methyl/N-ethyl adjacent to an activating group) is 1. The second-order valence-corrected chi connectivity index (χ2v) is 35.3. The zero-order valence-corrected chi connectivity index (χ0v) is 77.4. The van der Waals surface area contributed by atoms with Gasteiger partial charge in [0.25, 0.3) is 11.8 Å². The van der Waals surface area contributed by atoms with Crippen LogP contribution < -0.4 is 42.5 Å². The Kier molecular flexibility index (Phi) is 44.4. The van der Waals surface area contributed by atoms with E-state index in [9.17, 15) is 44.1 Å². The van der Waals surface area contributed by atoms with Gasteiger partial charge in [-0.25, -0.2) is 19.2 Å². The Balaban J connectivity index is 0.000000381. The molecule has 24 atom stereocenters. The fourth-order valence-corrected chi connectivity index (χ4v) is 16.4. The number of allylic oxidation sites excluding steroid dienone is 12. The summed E-state index contributed by atoms with van der Waals surface area (Å²) in [5.74, 6) is 3.45. The van der Waals surface area contributed by atoms with E-state index in [1.165, 1.54) is 22.8 Å². The number of nitrogens with zero attached hydrogens (tertiary/aromatic N) is 1. The molecule has 0 radical (unpaired) electrons. The van der Waals surface area contributed by atoms with Crippen molar-refractivity contribution in [1.29, 1.82) is 0 Å². The highest BCUT2D eigenvalue weighted by molar-refractivity contribution is 5.98. The zero-order chi connectivity index (χ0) is 90.8. The van der Waals surface area contributed by atoms with E-state index in [0.717, 1.165) is 72.0 Å². The molecule has 0 fully saturated rings. The molecule has 0 spiro atoms. The second-order valence-electron chi connectivity index (χ2n) is 35.3. The van der Waals surface area contributed by atoms with Crippen molar-refractivity contribution in [2.75, 3.05) is 30.5 Å². The number of benzene rings is 3. The maximum Gasteiger partial charge on any atom is 0.404 e. The summed E-state index contributed by atoms with van der Waals surface area (Å²) < 4.78 is 32.5. The van der Waals surface area contributed by atoms with Crippen LogP contribution in [0.5, 0.6) is 11.5 Å². The number of hydrogen-bond acceptors (Lipinski definition) is 15. The number of aliphatic hydroxyl groups excluding tert-OH is 3. The summed E-state index contributed by atoms with van der Waals surface area (Å²) in [5, 5.41) is 37.3. The Hall–Kier alpha value is -9.24. The molecular weight excluding hydrogens is 1520 g/mol. The highest BCUT2D eigenvalue weighted by Crippen LogP contribution is 2.38. The van der Waals surface area contributed by atoms with Gasteiger partial charge in [0, 0.05) is 54.0 Å². The van der Waals surface area contributed by atoms with Crippen LogP contribution in [0.3, 0.4) is 0 Å². The van der Waals surface area contributed by atoms with Gasteiger partial charge in [-0.15, -0.1) is 0 Å². The number of anilines is 2. The van der Waals surface area contributed by atoms with Crippen molar-refractivity contribution in [1.82, 2.24) is 0 Å². The lowest BCUT2D eigenvalue weighted by molar-refractivity contribution is -0.121. The number of aliphatic hydroxyl groups is 3. The first-order valence-electron chi connectivity index (χ1n) is 44.1. The lowest BCUT2D eigenvalue weighted by atomic mass is 9.80. The van der Waals surface area contributed by atoms with Crippen molar-refractivity contribution < 1.29 is 67.4 Å². The molecule has 6 rings (SSSR count). The number of amides is 5. The van der Waals surface area contributed by atoms with Gasteiger partial charge in [0.15, 0.2) is 13.2 Å². The predicted octanol–water partition coefficient (Wildman–Crippen LogP) is 21.7. The van der Waals surface area contributed by atoms with E-state index in [4.69, 9.17) is 45.3 Å². The van der Waals surface area contributed by atoms with Crippen LogP contribution in [-0.2, 0) is 23.8 Å². The van der Waals surface area contributed by atoms with Crippen molar-refractivity contribution in [2.45, 2.75) is 241 Å². The Morgan fingerprint density at radius 3 is 1.16 bits per heavy atom. The van der Waals surface area contributed by atoms with Crippen LogP contribution in [0.1, 0.15) is 221 Å². The molecule has 0 saturated heterocycles. The van der Waals surface area contributed by atoms with Gasteiger partial charge in [-0.05, 0) is 189 Å². The number of ether oxygens (including phenoxy) is 5. The molecule has 2 aliphatic rings. The minimum atomic E-state index is -0.817. The second kappa shape index (κ2) is 51.6. The van der Waals surface area contributed by atoms with Gasteiger partial charge in [0.1, 0.15) is 35.4 Å². The Labute approximate surface area is 724 Å². The highest BCUT2D eigenvalue weighted by Gasteiger charge is 2.37. The molecule has 4 aromatic rings. The molecule has 0 bridgehead atoms. The standard InChI is InChI=1S/C34H52N2O5.C34H49NO5.C33H50N2O5/c1-10-11-12-23(4)33(41-34(35)39)27(8)32(38)25(6)18-21(2)17-24(5)26(7)22(3)13-14-28-15-16-30-29(19-28)36(9)31(37)20-40-30;1-9-10-11-23(4)33(40-34(35)38)27(8)32(37)25(6)19-21(2)18-24(5)26(7)22(3)12-13-28-14-16-30-29(20-28)15-17-31(36)39-30;1-9-10-11-22(4)32(40-33(34)38)26(8)31(37)24(6)17-20(2)16-23(5)25(7)21(3)12-13-27-14-15-29-28(18-27)35-30(36)19-39-29/h11-17,19,22-27,32-33,38H,10,18,20H2,1-9H3,(H2,35,39);10-18,20,22-27,32-33,37H,9,19H2,1-8H3,(H2,35,38);10-16,18,21-26,31-32,37H,9,17,19H2,1-8H3,(H2,34,38)(H,35,36)/b12-11-,14-13-,21-17-;11-10-,13-12-,21-18-;11-10-,13-12-,20-16-/t2*22?,23?,24-,25-,26-,27-,32+,33-;21?,22?,23-,24-,25-,26-,31+,32-/m000/s1. The molecule has 5 amide bonds. The molecule has 3 heterocycles. The summed E-state index contributed by atoms with van der Waals surface area (Å²) in [6.45, 7) is 50.6. The van der Waals surface area contributed by atoms with Gasteiger partial charge < -0.3 is 70.8 Å². The maximum atomic E-state index is 12.0. The number of nitrogens with one attached hydrogen (secondary N) is 1. The highest BCUT2D eigenvalue weighted by atomic mass is 16.6. The number of rotatable bonds is 42. The van der Waals surface area contributed by atoms with Crippen molar-refractivity contribution in [2.24, 2.45) is 124 Å². The van der Waals surface area contributed by atoms with E-state index in [2.05, 4.69) is 157 Å². The smallest absolute Gasteiger partial charge is 0.404 e. The lowest BCUT2D eigenvalue weighted by Gasteiger charge is -2.33. The Bertz CT molecular complexity index is 4280. The first-order valence-corrected chi connectivity index (χ1v) is 44.1. The van der Waals surface area contributed by atoms with E-state index < -0.39 is 54.9 Å². The van der Waals surface area contributed by atoms with E-state index in [1.807, 2.05) is 160 Å². The van der Waals surface area contributed by atoms with Gasteiger partial charge in [-0.1, -0.05) is 271 Å². The third-order valence-electron chi connectivity index (χ3n) is 24.9. The van der Waals surface area contributed by atoms with Gasteiger partial charge in [0.2, 0.25) is 0 Å². The molecule has 0 saturated carbocycles. The fraction of sp³-hybridized carbons (Fsp3) is 0.564. The lowest BCUT2D eigenvalue weighted by Crippen LogP contribution is -2.41. The first-order chi connectivity index (χ1) is 56.9. The first kappa shape index (κ1) is 104. The summed E-state index contributed by atoms with van der Waals surface area (Å²) in [4.78, 5) is 71.4. The molecule has 121 heavy (non-hydrogen) atoms. The van der Waals surface area contributed by atoms with Crippen LogP contribution in [0.25, 0.3) is 29.2 Å². The molecule has 0 aliphatic carbocycles. The van der Waals surface area contributed by atoms with Gasteiger partial charge in [-0.3, -0.25) is 9.59 Å². The van der Waals surface area contributed by atoms with Crippen LogP contribution >= 0.6 is 0 Å². The Morgan fingerprint density at radius 2 is 0.785 bits per heavy atom. The number of fused-ring (bicyclic) bond motifs is 3. The van der Waals surface area contributed by atoms with Gasteiger partial charge in [-0.2, -0.15) is 0 Å². The minimum Gasteiger partial charge on any atom is -0.482 e. The van der Waals surface area contributed by atoms with Crippen LogP contribution in [0.4, 0.5) is 25.8 Å². The number of carbonyl (C=O) groups is 5. The van der Waals surface area contributed by atoms with Gasteiger partial charge in [0.05, 0.1) is 29.7 Å². The average molecular weight is 1680 g/mol. The SMILES string of the molecule is CC/C=C\C(C)[C@H](OC(N)=O)[C@@H](C)[C@H](O)[C@@H](C)C/C(C)=C\[C@H](C)[C@@H](C)C(C)/C=C\c1ccc2c(c1)N(C)C(=O)CO2.CC/C=C\C(C)[C@H](OC(N)=O)[C@@H](C)[C@H](O)[C@@H](C)C/C(C)=C\[C@H](C)[C@@H](C)C(C)/C=C\c1ccc2c(c1)NC(=O)CO2.CC/C=C\C(C)[C@H](OC(N)=O)[C@@H](C)[C@H](O)[C@@H](C)C/C(C)=C\[C@H](C)[C@@H](C)C(C)/C=C\c1ccc2oc(=O)ccc2c1. The van der Waals surface area contributed by atoms with Crippen LogP contribution in [0, 0.1) is 107 Å². The van der Waals surface area contributed by atoms with Crippen molar-refractivity contribution in [3.63, 3.8) is 0 Å². The molecule has 3 aromatic carbocycles. The van der Waals surface area contributed by atoms with Crippen LogP contribution in [0.15, 0.2) is 166 Å². The number of hydrogen-bond donors (Lipinski definition) is 7. The molecule has 1 aromatic heterocycles. The fourth-order valence-electron chi connectivity index (χ4n) is 16.4. The maximum absolute atomic E-state index is 12.0. The van der Waals surface area contributed by atoms with Crippen LogP contribution in [0.2, 0.25) is 0 Å². The molecule has 2 aliphatic heterocycles. The number of primary amides is 3. The number of carbonyl (C=O) groups excluding carboxylic acids is 5. The van der Waals surface area contributed by atoms with E-state index in [-0.39, 0.29) is 83.9 Å². The summed E-state index contributed by atoms with van der Waals surface area (Å²) >= 11 is 0. The summed E-state index contributed by atoms with van der Waals surface area (Å²) in [6.07, 6.45) is 31.1. The molecule has 10 N–H and O–H groups in total. The van der Waals surface area contributed by atoms with Crippen molar-refractivity contribution in [3.05, 3.63) is 183 Å². The Morgan fingerprint density at radius 1 is 0.438 bits per heavy atom. The van der Waals surface area contributed by atoms with Crippen LogP contribution in [-0.4, -0.2) is 102 Å². The third kappa shape index (κ3) is 34.2. The van der Waals surface area contributed by atoms with E-state index in [0.29, 0.717) is 70.3 Å². The molecule has 6 unspecified atom stereocenters. The van der Waals surface area contributed by atoms with E-state index in [1.54, 1.807) is 18.0 Å². The molecule has 670 valence electrons. The van der Waals surface area contributed by atoms with Crippen molar-refractivity contribution in [3.8, 4) is 11.5 Å². The molecular formula is C101H151N5O15. The van der Waals surface area contributed by atoms with Crippen molar-refractivity contribution >= 4 is 70.7 Å². The monoisotopic (exact) mass is 1670 g/mol.